The maximum atomic E-state index is 12.0. The number of carbonyl (C=O) groups excluding carboxylic acids is 1. The highest BCUT2D eigenvalue weighted by Gasteiger charge is 2.58. The summed E-state index contributed by atoms with van der Waals surface area (Å²) >= 11 is 0. The average Bonchev–Trinajstić information content (AvgIpc) is 2.67. The molecule has 8 atom stereocenters. The number of rotatable bonds is 0. The molecule has 21 heavy (non-hydrogen) atoms. The maximum Gasteiger partial charge on any atom is 0.162 e. The van der Waals surface area contributed by atoms with Gasteiger partial charge in [0.25, 0.3) is 0 Å². The first kappa shape index (κ1) is 14.2. The molecule has 4 rings (SSSR count). The van der Waals surface area contributed by atoms with Gasteiger partial charge in [0.2, 0.25) is 0 Å². The number of hydrogen-bond donors (Lipinski definition) is 2. The lowest BCUT2D eigenvalue weighted by molar-refractivity contribution is -0.130. The predicted molar refractivity (Wildman–Crippen MR) is 79.5 cm³/mol. The Balaban J connectivity index is 1.57. The van der Waals surface area contributed by atoms with Crippen molar-refractivity contribution in [3.05, 3.63) is 0 Å². The average molecular weight is 292 g/mol. The van der Waals surface area contributed by atoms with Gasteiger partial charge in [-0.05, 0) is 74.5 Å². The van der Waals surface area contributed by atoms with E-state index in [2.05, 4.69) is 6.92 Å². The largest absolute Gasteiger partial charge is 0.393 e. The zero-order valence-electron chi connectivity index (χ0n) is 13.0. The van der Waals surface area contributed by atoms with Crippen LogP contribution in [0.4, 0.5) is 0 Å². The van der Waals surface area contributed by atoms with Crippen LogP contribution >= 0.6 is 0 Å². The van der Waals surface area contributed by atoms with Crippen molar-refractivity contribution in [3.8, 4) is 0 Å². The molecule has 4 aliphatic carbocycles. The van der Waals surface area contributed by atoms with Gasteiger partial charge in [0.1, 0.15) is 6.10 Å². The van der Waals surface area contributed by atoms with E-state index in [1.807, 2.05) is 0 Å². The van der Waals surface area contributed by atoms with Crippen LogP contribution in [0.3, 0.4) is 0 Å². The molecule has 3 heteroatoms. The van der Waals surface area contributed by atoms with Gasteiger partial charge in [-0.3, -0.25) is 4.79 Å². The molecular formula is C18H28O3. The second-order valence-corrected chi connectivity index (χ2v) is 8.61. The predicted octanol–water partition coefficient (Wildman–Crippen LogP) is 2.54. The lowest BCUT2D eigenvalue weighted by Gasteiger charge is -2.54. The van der Waals surface area contributed by atoms with Gasteiger partial charge < -0.3 is 10.2 Å². The summed E-state index contributed by atoms with van der Waals surface area (Å²) in [6.07, 6.45) is 7.61. The lowest BCUT2D eigenvalue weighted by atomic mass is 9.51. The number of Topliss-reactive ketones (excluding diaryl/α,β-unsaturated/α-hetero) is 1. The minimum absolute atomic E-state index is 0.0773. The molecule has 0 spiro atoms. The second kappa shape index (κ2) is 4.79. The first-order chi connectivity index (χ1) is 9.99. The fourth-order valence-electron chi connectivity index (χ4n) is 6.47. The topological polar surface area (TPSA) is 57.5 Å². The number of carbonyl (C=O) groups is 1. The van der Waals surface area contributed by atoms with Gasteiger partial charge in [0.05, 0.1) is 6.10 Å². The van der Waals surface area contributed by atoms with Crippen molar-refractivity contribution in [1.29, 1.82) is 0 Å². The van der Waals surface area contributed by atoms with Crippen molar-refractivity contribution in [1.82, 2.24) is 0 Å². The van der Waals surface area contributed by atoms with Crippen LogP contribution in [0.2, 0.25) is 0 Å². The van der Waals surface area contributed by atoms with Crippen LogP contribution in [0.25, 0.3) is 0 Å². The van der Waals surface area contributed by atoms with Gasteiger partial charge in [-0.2, -0.15) is 0 Å². The molecule has 0 radical (unpaired) electrons. The van der Waals surface area contributed by atoms with Crippen molar-refractivity contribution >= 4 is 5.78 Å². The van der Waals surface area contributed by atoms with E-state index in [0.717, 1.165) is 37.5 Å². The van der Waals surface area contributed by atoms with Crippen LogP contribution in [-0.2, 0) is 4.79 Å². The molecule has 4 fully saturated rings. The second-order valence-electron chi connectivity index (χ2n) is 8.61. The molecule has 0 aromatic heterocycles. The Morgan fingerprint density at radius 1 is 1.00 bits per heavy atom. The molecule has 3 nitrogen and oxygen atoms in total. The van der Waals surface area contributed by atoms with Gasteiger partial charge in [0, 0.05) is 11.8 Å². The highest BCUT2D eigenvalue weighted by molar-refractivity contribution is 5.86. The maximum absolute atomic E-state index is 12.0. The van der Waals surface area contributed by atoms with Gasteiger partial charge in [-0.15, -0.1) is 0 Å². The number of hydrogen-bond acceptors (Lipinski definition) is 3. The minimum Gasteiger partial charge on any atom is -0.393 e. The van der Waals surface area contributed by atoms with Gasteiger partial charge >= 0.3 is 0 Å². The van der Waals surface area contributed by atoms with E-state index in [4.69, 9.17) is 0 Å². The third-order valence-corrected chi connectivity index (χ3v) is 7.65. The molecule has 118 valence electrons. The molecule has 2 N–H and O–H groups in total. The summed E-state index contributed by atoms with van der Waals surface area (Å²) in [5.74, 6) is 3.39. The van der Waals surface area contributed by atoms with E-state index in [-0.39, 0.29) is 17.3 Å². The molecule has 0 heterocycles. The summed E-state index contributed by atoms with van der Waals surface area (Å²) in [6, 6.07) is 0. The Hall–Kier alpha value is -0.410. The van der Waals surface area contributed by atoms with Crippen LogP contribution in [0.1, 0.15) is 58.3 Å². The van der Waals surface area contributed by atoms with E-state index < -0.39 is 6.10 Å². The smallest absolute Gasteiger partial charge is 0.162 e. The molecule has 4 saturated carbocycles. The van der Waals surface area contributed by atoms with E-state index >= 15 is 0 Å². The van der Waals surface area contributed by atoms with Gasteiger partial charge in [0.15, 0.2) is 5.78 Å². The third-order valence-electron chi connectivity index (χ3n) is 7.65. The van der Waals surface area contributed by atoms with Crippen LogP contribution in [0, 0.1) is 35.0 Å². The Kier molecular flexibility index (Phi) is 3.24. The van der Waals surface area contributed by atoms with Crippen molar-refractivity contribution in [2.24, 2.45) is 35.0 Å². The van der Waals surface area contributed by atoms with Crippen LogP contribution < -0.4 is 0 Å². The summed E-state index contributed by atoms with van der Waals surface area (Å²) in [5.41, 5.74) is -0.154. The third kappa shape index (κ3) is 2.03. The lowest BCUT2D eigenvalue weighted by Crippen LogP contribution is -2.49. The van der Waals surface area contributed by atoms with Crippen LogP contribution in [-0.4, -0.2) is 28.2 Å². The van der Waals surface area contributed by atoms with E-state index in [9.17, 15) is 15.0 Å². The Morgan fingerprint density at radius 3 is 2.57 bits per heavy atom. The number of fused-ring (bicyclic) bond motifs is 4. The summed E-state index contributed by atoms with van der Waals surface area (Å²) in [7, 11) is 0. The summed E-state index contributed by atoms with van der Waals surface area (Å²) in [5, 5.41) is 20.3. The normalized spacial score (nSPS) is 56.5. The standard InChI is InChI=1S/C18H28O3/c1-18-9-11-3-2-10-6-13(19)4-5-14(10)15(11)7-12(18)8-16(20)17(18)21/h10-15,17,19,21H,2-9H2,1H3/t10-,11-,12-,13+,14-,15-,17+,18+/m0/s1. The molecule has 0 saturated heterocycles. The van der Waals surface area contributed by atoms with Crippen molar-refractivity contribution < 1.29 is 15.0 Å². The summed E-state index contributed by atoms with van der Waals surface area (Å²) in [4.78, 5) is 12.0. The summed E-state index contributed by atoms with van der Waals surface area (Å²) < 4.78 is 0. The molecule has 0 unspecified atom stereocenters. The fourth-order valence-corrected chi connectivity index (χ4v) is 6.47. The van der Waals surface area contributed by atoms with Gasteiger partial charge in [-0.25, -0.2) is 0 Å². The van der Waals surface area contributed by atoms with Crippen molar-refractivity contribution in [2.75, 3.05) is 0 Å². The minimum atomic E-state index is -0.714. The van der Waals surface area contributed by atoms with Gasteiger partial charge in [-0.1, -0.05) is 6.92 Å². The number of aliphatic hydroxyl groups excluding tert-OH is 2. The zero-order chi connectivity index (χ0) is 14.8. The van der Waals surface area contributed by atoms with Crippen LogP contribution in [0.5, 0.6) is 0 Å². The Bertz CT molecular complexity index is 448. The van der Waals surface area contributed by atoms with E-state index in [1.54, 1.807) is 0 Å². The Morgan fingerprint density at radius 2 is 1.76 bits per heavy atom. The SMILES string of the molecule is C[C@@]12C[C@@H]3CC[C@H]4C[C@H](O)CC[C@@H]4[C@H]3C[C@H]1CC(=O)[C@H]2O. The fraction of sp³-hybridized carbons (Fsp3) is 0.944. The monoisotopic (exact) mass is 292 g/mol. The molecule has 0 bridgehead atoms. The van der Waals surface area contributed by atoms with E-state index in [0.29, 0.717) is 24.2 Å². The summed E-state index contributed by atoms with van der Waals surface area (Å²) in [6.45, 7) is 2.15. The zero-order valence-corrected chi connectivity index (χ0v) is 13.0. The van der Waals surface area contributed by atoms with Crippen molar-refractivity contribution in [3.63, 3.8) is 0 Å². The first-order valence-corrected chi connectivity index (χ1v) is 8.88. The van der Waals surface area contributed by atoms with Crippen LogP contribution in [0.15, 0.2) is 0 Å². The quantitative estimate of drug-likeness (QED) is 0.721. The first-order valence-electron chi connectivity index (χ1n) is 8.88. The number of ketones is 1. The number of aliphatic hydroxyl groups is 2. The molecule has 0 aromatic rings. The molecule has 0 aliphatic heterocycles. The highest BCUT2D eigenvalue weighted by atomic mass is 16.3. The van der Waals surface area contributed by atoms with Crippen molar-refractivity contribution in [2.45, 2.75) is 70.5 Å². The molecule has 4 aliphatic rings. The molecular weight excluding hydrogens is 264 g/mol. The van der Waals surface area contributed by atoms with E-state index in [1.165, 1.54) is 19.3 Å². The molecule has 0 aromatic carbocycles. The molecule has 0 amide bonds. The Labute approximate surface area is 127 Å². The highest BCUT2D eigenvalue weighted by Crippen LogP contribution is 2.60.